The topological polar surface area (TPSA) is 50.4 Å². The van der Waals surface area contributed by atoms with Crippen molar-refractivity contribution in [1.82, 2.24) is 5.32 Å². The number of hydrogen-bond donors (Lipinski definition) is 2. The second-order valence-electron chi connectivity index (χ2n) is 5.71. The molecule has 0 aliphatic carbocycles. The van der Waals surface area contributed by atoms with Crippen LogP contribution in [0.4, 0.5) is 5.69 Å². The molecule has 0 saturated heterocycles. The van der Waals surface area contributed by atoms with Crippen molar-refractivity contribution in [3.05, 3.63) is 60.2 Å². The summed E-state index contributed by atoms with van der Waals surface area (Å²) in [6.07, 6.45) is 4.68. The number of carbonyl (C=O) groups excluding carboxylic acids is 1. The molecule has 2 rings (SSSR count). The van der Waals surface area contributed by atoms with Gasteiger partial charge in [0.05, 0.1) is 6.61 Å². The Bertz CT molecular complexity index is 672. The van der Waals surface area contributed by atoms with Crippen LogP contribution in [-0.4, -0.2) is 17.6 Å². The van der Waals surface area contributed by atoms with Gasteiger partial charge in [0.2, 0.25) is 0 Å². The van der Waals surface area contributed by atoms with Gasteiger partial charge in [-0.05, 0) is 55.0 Å². The molecule has 2 aromatic rings. The first-order valence-electron chi connectivity index (χ1n) is 8.59. The molecule has 0 radical (unpaired) electrons. The molecular formula is C20H24N2O2S. The van der Waals surface area contributed by atoms with E-state index in [2.05, 4.69) is 17.6 Å². The summed E-state index contributed by atoms with van der Waals surface area (Å²) in [7, 11) is 0. The molecule has 0 aliphatic heterocycles. The summed E-state index contributed by atoms with van der Waals surface area (Å²) >= 11 is 5.16. The van der Waals surface area contributed by atoms with Gasteiger partial charge in [0, 0.05) is 11.3 Å². The third-order valence-electron chi connectivity index (χ3n) is 3.64. The Kier molecular flexibility index (Phi) is 7.92. The lowest BCUT2D eigenvalue weighted by molar-refractivity contribution is 0.0977. The maximum absolute atomic E-state index is 12.2. The normalized spacial score (nSPS) is 10.1. The van der Waals surface area contributed by atoms with E-state index in [4.69, 9.17) is 17.0 Å². The number of benzene rings is 2. The van der Waals surface area contributed by atoms with Crippen molar-refractivity contribution in [3.63, 3.8) is 0 Å². The Morgan fingerprint density at radius 2 is 1.72 bits per heavy atom. The van der Waals surface area contributed by atoms with Gasteiger partial charge in [-0.15, -0.1) is 0 Å². The van der Waals surface area contributed by atoms with Crippen LogP contribution in [0.25, 0.3) is 0 Å². The number of ether oxygens (including phenoxy) is 1. The zero-order valence-corrected chi connectivity index (χ0v) is 15.3. The highest BCUT2D eigenvalue weighted by Crippen LogP contribution is 2.13. The van der Waals surface area contributed by atoms with E-state index in [1.807, 2.05) is 42.5 Å². The summed E-state index contributed by atoms with van der Waals surface area (Å²) in [5.41, 5.74) is 1.37. The molecule has 4 nitrogen and oxygen atoms in total. The number of thiocarbonyl (C=S) groups is 1. The molecule has 0 fully saturated rings. The SMILES string of the molecule is CCCCCCOc1ccc(C(=O)NC(=S)Nc2ccccc2)cc1. The second kappa shape index (κ2) is 10.5. The fraction of sp³-hybridized carbons (Fsp3) is 0.300. The van der Waals surface area contributed by atoms with Gasteiger partial charge in [-0.25, -0.2) is 0 Å². The van der Waals surface area contributed by atoms with Crippen LogP contribution in [0.1, 0.15) is 43.0 Å². The minimum atomic E-state index is -0.247. The van der Waals surface area contributed by atoms with Crippen LogP contribution in [-0.2, 0) is 0 Å². The molecule has 1 amide bonds. The van der Waals surface area contributed by atoms with Gasteiger partial charge in [0.15, 0.2) is 5.11 Å². The van der Waals surface area contributed by atoms with Crippen LogP contribution in [0.15, 0.2) is 54.6 Å². The van der Waals surface area contributed by atoms with Crippen LogP contribution in [0, 0.1) is 0 Å². The number of para-hydroxylation sites is 1. The van der Waals surface area contributed by atoms with Gasteiger partial charge >= 0.3 is 0 Å². The fourth-order valence-corrected chi connectivity index (χ4v) is 2.49. The molecule has 0 spiro atoms. The summed E-state index contributed by atoms with van der Waals surface area (Å²) in [6.45, 7) is 2.89. The molecule has 0 unspecified atom stereocenters. The first-order chi connectivity index (χ1) is 12.2. The number of unbranched alkanes of at least 4 members (excludes halogenated alkanes) is 3. The molecule has 0 heterocycles. The van der Waals surface area contributed by atoms with Gasteiger partial charge in [0.1, 0.15) is 5.75 Å². The third kappa shape index (κ3) is 6.93. The lowest BCUT2D eigenvalue weighted by atomic mass is 10.2. The molecule has 2 aromatic carbocycles. The van der Waals surface area contributed by atoms with E-state index in [9.17, 15) is 4.79 Å². The van der Waals surface area contributed by atoms with Crippen molar-refractivity contribution in [2.45, 2.75) is 32.6 Å². The quantitative estimate of drug-likeness (QED) is 0.528. The molecule has 0 aromatic heterocycles. The second-order valence-corrected chi connectivity index (χ2v) is 6.12. The lowest BCUT2D eigenvalue weighted by Crippen LogP contribution is -2.34. The van der Waals surface area contributed by atoms with Crippen molar-refractivity contribution < 1.29 is 9.53 Å². The molecule has 0 atom stereocenters. The molecular weight excluding hydrogens is 332 g/mol. The van der Waals surface area contributed by atoms with Crippen LogP contribution < -0.4 is 15.4 Å². The van der Waals surface area contributed by atoms with Gasteiger partial charge in [0.25, 0.3) is 5.91 Å². The third-order valence-corrected chi connectivity index (χ3v) is 3.85. The zero-order valence-electron chi connectivity index (χ0n) is 14.5. The number of carbonyl (C=O) groups is 1. The average molecular weight is 356 g/mol. The molecule has 25 heavy (non-hydrogen) atoms. The van der Waals surface area contributed by atoms with Gasteiger partial charge in [-0.1, -0.05) is 44.4 Å². The predicted octanol–water partition coefficient (Wildman–Crippen LogP) is 4.77. The van der Waals surface area contributed by atoms with Crippen molar-refractivity contribution in [3.8, 4) is 5.75 Å². The summed E-state index contributed by atoms with van der Waals surface area (Å²) in [5, 5.41) is 5.92. The smallest absolute Gasteiger partial charge is 0.257 e. The largest absolute Gasteiger partial charge is 0.494 e. The summed E-state index contributed by atoms with van der Waals surface area (Å²) in [6, 6.07) is 16.6. The Hall–Kier alpha value is -2.40. The molecule has 0 bridgehead atoms. The number of nitrogens with one attached hydrogen (secondary N) is 2. The molecule has 132 valence electrons. The summed E-state index contributed by atoms with van der Waals surface area (Å²) < 4.78 is 5.68. The van der Waals surface area contributed by atoms with Gasteiger partial charge in [-0.3, -0.25) is 10.1 Å². The maximum Gasteiger partial charge on any atom is 0.257 e. The summed E-state index contributed by atoms with van der Waals surface area (Å²) in [4.78, 5) is 12.2. The standard InChI is InChI=1S/C20H24N2O2S/c1-2-3-4-8-15-24-18-13-11-16(12-14-18)19(23)22-20(25)21-17-9-6-5-7-10-17/h5-7,9-14H,2-4,8,15H2,1H3,(H2,21,22,23,25). The molecule has 0 aliphatic rings. The van der Waals surface area contributed by atoms with Crippen molar-refractivity contribution in [1.29, 1.82) is 0 Å². The van der Waals surface area contributed by atoms with Crippen molar-refractivity contribution in [2.24, 2.45) is 0 Å². The monoisotopic (exact) mass is 356 g/mol. The Balaban J connectivity index is 1.78. The molecule has 0 saturated carbocycles. The average Bonchev–Trinajstić information content (AvgIpc) is 2.63. The highest BCUT2D eigenvalue weighted by Gasteiger charge is 2.08. The van der Waals surface area contributed by atoms with Crippen molar-refractivity contribution in [2.75, 3.05) is 11.9 Å². The van der Waals surface area contributed by atoms with Crippen LogP contribution in [0.2, 0.25) is 0 Å². The van der Waals surface area contributed by atoms with E-state index in [0.717, 1.165) is 17.9 Å². The van der Waals surface area contributed by atoms with Crippen LogP contribution in [0.3, 0.4) is 0 Å². The van der Waals surface area contributed by atoms with Gasteiger partial charge < -0.3 is 10.1 Å². The number of hydrogen-bond acceptors (Lipinski definition) is 3. The van der Waals surface area contributed by atoms with E-state index in [1.54, 1.807) is 12.1 Å². The van der Waals surface area contributed by atoms with Crippen molar-refractivity contribution >= 4 is 28.9 Å². The predicted molar refractivity (Wildman–Crippen MR) is 106 cm³/mol. The Morgan fingerprint density at radius 3 is 2.40 bits per heavy atom. The highest BCUT2D eigenvalue weighted by atomic mass is 32.1. The van der Waals surface area contributed by atoms with E-state index in [-0.39, 0.29) is 11.0 Å². The van der Waals surface area contributed by atoms with E-state index >= 15 is 0 Å². The number of anilines is 1. The molecule has 2 N–H and O–H groups in total. The zero-order chi connectivity index (χ0) is 17.9. The fourth-order valence-electron chi connectivity index (χ4n) is 2.28. The summed E-state index contributed by atoms with van der Waals surface area (Å²) in [5.74, 6) is 0.529. The van der Waals surface area contributed by atoms with E-state index in [1.165, 1.54) is 19.3 Å². The van der Waals surface area contributed by atoms with Gasteiger partial charge in [-0.2, -0.15) is 0 Å². The van der Waals surface area contributed by atoms with Crippen LogP contribution in [0.5, 0.6) is 5.75 Å². The Labute approximate surface area is 154 Å². The minimum Gasteiger partial charge on any atom is -0.494 e. The molecule has 5 heteroatoms. The van der Waals surface area contributed by atoms with E-state index in [0.29, 0.717) is 12.2 Å². The lowest BCUT2D eigenvalue weighted by Gasteiger charge is -2.10. The first kappa shape index (κ1) is 18.9. The first-order valence-corrected chi connectivity index (χ1v) is 9.00. The Morgan fingerprint density at radius 1 is 1.00 bits per heavy atom. The minimum absolute atomic E-state index is 0.247. The number of amides is 1. The van der Waals surface area contributed by atoms with Crippen LogP contribution >= 0.6 is 12.2 Å². The highest BCUT2D eigenvalue weighted by molar-refractivity contribution is 7.80. The number of rotatable bonds is 8. The maximum atomic E-state index is 12.2. The van der Waals surface area contributed by atoms with E-state index < -0.39 is 0 Å².